The molecule has 2 atom stereocenters. The number of amides is 3. The van der Waals surface area contributed by atoms with E-state index in [1.54, 1.807) is 24.3 Å². The maximum atomic E-state index is 13.1. The smallest absolute Gasteiger partial charge is 0.315 e. The molecular weight excluding hydrogens is 635 g/mol. The van der Waals surface area contributed by atoms with Gasteiger partial charge in [-0.3, -0.25) is 4.79 Å². The van der Waals surface area contributed by atoms with Gasteiger partial charge in [0.25, 0.3) is 0 Å². The molecule has 0 spiro atoms. The first-order valence-corrected chi connectivity index (χ1v) is 16.6. The van der Waals surface area contributed by atoms with E-state index in [2.05, 4.69) is 52.4 Å². The number of sulfonamides is 1. The Balaban J connectivity index is 1.46. The number of rotatable bonds is 13. The molecular formula is C27H37IN4O4S2. The first-order valence-electron chi connectivity index (χ1n) is 13.0. The highest BCUT2D eigenvalue weighted by Gasteiger charge is 2.40. The summed E-state index contributed by atoms with van der Waals surface area (Å²) in [6.45, 7) is 6.01. The third-order valence-electron chi connectivity index (χ3n) is 6.53. The summed E-state index contributed by atoms with van der Waals surface area (Å²) >= 11 is 3.45. The van der Waals surface area contributed by atoms with Crippen LogP contribution in [0.2, 0.25) is 0 Å². The molecule has 0 saturated carbocycles. The number of halogens is 1. The van der Waals surface area contributed by atoms with E-state index in [9.17, 15) is 18.0 Å². The number of urea groups is 1. The summed E-state index contributed by atoms with van der Waals surface area (Å²) in [7, 11) is -3.76. The second-order valence-electron chi connectivity index (χ2n) is 9.31. The van der Waals surface area contributed by atoms with Crippen molar-refractivity contribution in [1.82, 2.24) is 20.3 Å². The molecule has 2 aromatic rings. The summed E-state index contributed by atoms with van der Waals surface area (Å²) in [6, 6.07) is 14.1. The van der Waals surface area contributed by atoms with Crippen LogP contribution in [0.1, 0.15) is 50.7 Å². The van der Waals surface area contributed by atoms with Gasteiger partial charge in [-0.2, -0.15) is 4.31 Å². The highest BCUT2D eigenvalue weighted by atomic mass is 127. The summed E-state index contributed by atoms with van der Waals surface area (Å²) in [5, 5.41) is 7.93. The van der Waals surface area contributed by atoms with Gasteiger partial charge in [-0.05, 0) is 70.3 Å². The lowest BCUT2D eigenvalue weighted by Gasteiger charge is -2.22. The fraction of sp³-hybridized carbons (Fsp3) is 0.481. The van der Waals surface area contributed by atoms with E-state index < -0.39 is 15.4 Å². The Morgan fingerprint density at radius 2 is 1.63 bits per heavy atom. The van der Waals surface area contributed by atoms with Gasteiger partial charge in [0.15, 0.2) is 0 Å². The number of nitrogens with one attached hydrogen (secondary N) is 3. The zero-order valence-electron chi connectivity index (χ0n) is 21.9. The number of nitrogens with zero attached hydrogens (tertiary/aromatic N) is 1. The maximum absolute atomic E-state index is 13.1. The van der Waals surface area contributed by atoms with Gasteiger partial charge in [-0.25, -0.2) is 13.2 Å². The number of unbranched alkanes of at least 4 members (excludes halogenated alkanes) is 1. The van der Waals surface area contributed by atoms with Crippen molar-refractivity contribution in [2.45, 2.75) is 62.9 Å². The largest absolute Gasteiger partial charge is 0.350 e. The first kappa shape index (κ1) is 30.7. The van der Waals surface area contributed by atoms with E-state index in [-0.39, 0.29) is 23.4 Å². The van der Waals surface area contributed by atoms with Crippen LogP contribution < -0.4 is 16.0 Å². The van der Waals surface area contributed by atoms with E-state index in [0.717, 1.165) is 34.0 Å². The molecule has 0 aromatic heterocycles. The normalized spacial score (nSPS) is 16.7. The van der Waals surface area contributed by atoms with Gasteiger partial charge in [0.05, 0.1) is 4.90 Å². The van der Waals surface area contributed by atoms with Crippen molar-refractivity contribution < 1.29 is 18.0 Å². The summed E-state index contributed by atoms with van der Waals surface area (Å²) in [5.41, 5.74) is 1.85. The lowest BCUT2D eigenvalue weighted by molar-refractivity contribution is -0.122. The van der Waals surface area contributed by atoms with Crippen molar-refractivity contribution in [3.63, 3.8) is 0 Å². The number of hydrogen-bond donors (Lipinski definition) is 3. The Kier molecular flexibility index (Phi) is 12.2. The van der Waals surface area contributed by atoms with Crippen LogP contribution in [0.3, 0.4) is 0 Å². The molecule has 8 nitrogen and oxygen atoms in total. The first-order chi connectivity index (χ1) is 18.2. The zero-order chi connectivity index (χ0) is 27.5. The Morgan fingerprint density at radius 3 is 2.24 bits per heavy atom. The SMILES string of the molecule is CCCCC(CC)CNC(=O)NCc1ccc(CNC(=O)C2SCCN2S(=O)(=O)c2ccc(I)cc2)cc1. The molecule has 1 heterocycles. The molecule has 3 amide bonds. The summed E-state index contributed by atoms with van der Waals surface area (Å²) in [5.74, 6) is 0.745. The monoisotopic (exact) mass is 672 g/mol. The number of thioether (sulfide) groups is 1. The molecule has 2 aromatic carbocycles. The predicted octanol–water partition coefficient (Wildman–Crippen LogP) is 4.69. The molecule has 0 radical (unpaired) electrons. The van der Waals surface area contributed by atoms with Crippen LogP contribution in [0, 0.1) is 9.49 Å². The number of carbonyl (C=O) groups is 2. The van der Waals surface area contributed by atoms with Gasteiger partial charge in [0, 0.05) is 35.5 Å². The van der Waals surface area contributed by atoms with Crippen molar-refractivity contribution in [3.05, 3.63) is 63.2 Å². The van der Waals surface area contributed by atoms with Gasteiger partial charge >= 0.3 is 6.03 Å². The molecule has 3 rings (SSSR count). The van der Waals surface area contributed by atoms with Gasteiger partial charge in [0.1, 0.15) is 5.37 Å². The number of hydrogen-bond acceptors (Lipinski definition) is 5. The van der Waals surface area contributed by atoms with Gasteiger partial charge in [-0.1, -0.05) is 57.4 Å². The quantitative estimate of drug-likeness (QED) is 0.268. The molecule has 1 aliphatic heterocycles. The predicted molar refractivity (Wildman–Crippen MR) is 161 cm³/mol. The minimum absolute atomic E-state index is 0.171. The van der Waals surface area contributed by atoms with E-state index in [1.807, 2.05) is 24.3 Å². The molecule has 11 heteroatoms. The zero-order valence-corrected chi connectivity index (χ0v) is 25.7. The van der Waals surface area contributed by atoms with Crippen LogP contribution >= 0.6 is 34.4 Å². The highest BCUT2D eigenvalue weighted by Crippen LogP contribution is 2.30. The van der Waals surface area contributed by atoms with Crippen molar-refractivity contribution in [1.29, 1.82) is 0 Å². The van der Waals surface area contributed by atoms with E-state index in [0.29, 0.717) is 31.3 Å². The molecule has 0 aliphatic carbocycles. The van der Waals surface area contributed by atoms with Crippen LogP contribution in [-0.2, 0) is 27.9 Å². The van der Waals surface area contributed by atoms with Crippen LogP contribution in [0.25, 0.3) is 0 Å². The average Bonchev–Trinajstić information content (AvgIpc) is 3.43. The molecule has 1 fully saturated rings. The Hall–Kier alpha value is -1.83. The van der Waals surface area contributed by atoms with Crippen LogP contribution in [0.5, 0.6) is 0 Å². The van der Waals surface area contributed by atoms with Gasteiger partial charge in [-0.15, -0.1) is 11.8 Å². The molecule has 208 valence electrons. The Morgan fingerprint density at radius 1 is 1.00 bits per heavy atom. The van der Waals surface area contributed by atoms with Gasteiger partial charge in [0.2, 0.25) is 15.9 Å². The average molecular weight is 673 g/mol. The second-order valence-corrected chi connectivity index (χ2v) is 13.6. The van der Waals surface area contributed by atoms with Crippen molar-refractivity contribution >= 4 is 56.3 Å². The Labute approximate surface area is 244 Å². The minimum Gasteiger partial charge on any atom is -0.350 e. The van der Waals surface area contributed by atoms with E-state index in [4.69, 9.17) is 0 Å². The molecule has 1 saturated heterocycles. The molecule has 1 aliphatic rings. The van der Waals surface area contributed by atoms with Crippen LogP contribution in [-0.4, -0.2) is 48.9 Å². The Bertz CT molecular complexity index is 1160. The number of carbonyl (C=O) groups excluding carboxylic acids is 2. The third-order valence-corrected chi connectivity index (χ3v) is 10.5. The van der Waals surface area contributed by atoms with Gasteiger partial charge < -0.3 is 16.0 Å². The van der Waals surface area contributed by atoms with Crippen molar-refractivity contribution in [2.24, 2.45) is 5.92 Å². The summed E-state index contributed by atoms with van der Waals surface area (Å²) in [6.07, 6.45) is 4.53. The molecule has 3 N–H and O–H groups in total. The van der Waals surface area contributed by atoms with E-state index in [1.165, 1.54) is 22.5 Å². The third kappa shape index (κ3) is 8.85. The summed E-state index contributed by atoms with van der Waals surface area (Å²) in [4.78, 5) is 25.3. The van der Waals surface area contributed by atoms with Crippen LogP contribution in [0.4, 0.5) is 4.79 Å². The fourth-order valence-corrected chi connectivity index (χ4v) is 7.59. The maximum Gasteiger partial charge on any atom is 0.315 e. The standard InChI is InChI=1S/C27H37IN4O4S2/c1-3-5-6-20(4-2)17-30-27(34)31-19-22-9-7-21(8-10-22)18-29-25(33)26-32(15-16-37-26)38(35,36)24-13-11-23(28)12-14-24/h7-14,20,26H,3-6,15-19H2,1-2H3,(H,29,33)(H2,30,31,34). The highest BCUT2D eigenvalue weighted by molar-refractivity contribution is 14.1. The molecule has 2 unspecified atom stereocenters. The van der Waals surface area contributed by atoms with Crippen molar-refractivity contribution in [2.75, 3.05) is 18.8 Å². The summed E-state index contributed by atoms with van der Waals surface area (Å²) < 4.78 is 28.4. The second kappa shape index (κ2) is 15.1. The minimum atomic E-state index is -3.76. The molecule has 38 heavy (non-hydrogen) atoms. The topological polar surface area (TPSA) is 108 Å². The fourth-order valence-electron chi connectivity index (χ4n) is 4.13. The lowest BCUT2D eigenvalue weighted by atomic mass is 9.99. The lowest BCUT2D eigenvalue weighted by Crippen LogP contribution is -2.44. The van der Waals surface area contributed by atoms with Crippen molar-refractivity contribution in [3.8, 4) is 0 Å². The van der Waals surface area contributed by atoms with E-state index >= 15 is 0 Å². The molecule has 0 bridgehead atoms. The number of benzene rings is 2. The van der Waals surface area contributed by atoms with Crippen LogP contribution in [0.15, 0.2) is 53.4 Å².